The molecule has 3 aromatic rings. The molecule has 10 heteroatoms. The average Bonchev–Trinajstić information content (AvgIpc) is 2.86. The zero-order valence-corrected chi connectivity index (χ0v) is 18.9. The van der Waals surface area contributed by atoms with Gasteiger partial charge in [-0.1, -0.05) is 18.2 Å². The van der Waals surface area contributed by atoms with Gasteiger partial charge in [-0.05, 0) is 65.7 Å². The van der Waals surface area contributed by atoms with Crippen molar-refractivity contribution in [2.75, 3.05) is 12.0 Å². The lowest BCUT2D eigenvalue weighted by Gasteiger charge is -2.26. The summed E-state index contributed by atoms with van der Waals surface area (Å²) in [6.45, 7) is 0.145. The number of anilines is 1. The number of hydrogen-bond acceptors (Lipinski definition) is 6. The highest BCUT2D eigenvalue weighted by molar-refractivity contribution is 6.39. The number of amides is 4. The molecule has 0 aromatic heterocycles. The maximum absolute atomic E-state index is 13.3. The number of aromatic carboxylic acids is 1. The number of urea groups is 1. The fourth-order valence-electron chi connectivity index (χ4n) is 3.45. The van der Waals surface area contributed by atoms with Crippen molar-refractivity contribution in [1.82, 2.24) is 5.32 Å². The van der Waals surface area contributed by atoms with Crippen LogP contribution >= 0.6 is 0 Å². The Kier molecular flexibility index (Phi) is 6.77. The number of carboxylic acid groups (broad SMARTS) is 1. The Morgan fingerprint density at radius 1 is 1.00 bits per heavy atom. The molecule has 1 fully saturated rings. The summed E-state index contributed by atoms with van der Waals surface area (Å²) >= 11 is 0. The Labute approximate surface area is 204 Å². The molecule has 2 N–H and O–H groups in total. The van der Waals surface area contributed by atoms with Crippen LogP contribution in [0.2, 0.25) is 0 Å². The predicted molar refractivity (Wildman–Crippen MR) is 126 cm³/mol. The molecular weight excluding hydrogens is 471 g/mol. The van der Waals surface area contributed by atoms with Crippen LogP contribution in [0, 0.1) is 5.82 Å². The van der Waals surface area contributed by atoms with Crippen LogP contribution in [0.5, 0.6) is 11.5 Å². The topological polar surface area (TPSA) is 122 Å². The van der Waals surface area contributed by atoms with Crippen LogP contribution in [0.4, 0.5) is 14.9 Å². The minimum Gasteiger partial charge on any atom is -0.493 e. The molecule has 1 heterocycles. The molecule has 36 heavy (non-hydrogen) atoms. The quantitative estimate of drug-likeness (QED) is 0.382. The van der Waals surface area contributed by atoms with E-state index in [0.717, 1.165) is 22.6 Å². The Morgan fingerprint density at radius 3 is 2.33 bits per heavy atom. The van der Waals surface area contributed by atoms with Gasteiger partial charge in [0.2, 0.25) is 0 Å². The summed E-state index contributed by atoms with van der Waals surface area (Å²) < 4.78 is 24.4. The highest BCUT2D eigenvalue weighted by Crippen LogP contribution is 2.30. The van der Waals surface area contributed by atoms with Gasteiger partial charge in [0.05, 0.1) is 18.4 Å². The number of nitrogens with one attached hydrogen (secondary N) is 1. The molecule has 0 unspecified atom stereocenters. The van der Waals surface area contributed by atoms with E-state index in [1.165, 1.54) is 37.5 Å². The van der Waals surface area contributed by atoms with Crippen molar-refractivity contribution in [1.29, 1.82) is 0 Å². The van der Waals surface area contributed by atoms with Crippen LogP contribution < -0.4 is 19.7 Å². The molecule has 0 aliphatic carbocycles. The maximum atomic E-state index is 13.3. The van der Waals surface area contributed by atoms with Gasteiger partial charge in [0.15, 0.2) is 11.5 Å². The van der Waals surface area contributed by atoms with Gasteiger partial charge in [0.25, 0.3) is 11.8 Å². The van der Waals surface area contributed by atoms with Gasteiger partial charge in [-0.2, -0.15) is 0 Å². The molecule has 1 aliphatic heterocycles. The SMILES string of the molecule is COc1cc(/C=C2\C(=O)NC(=O)N(c3ccc(F)cc3)C2=O)ccc1OCc1ccc(C(=O)O)cc1. The third kappa shape index (κ3) is 5.07. The van der Waals surface area contributed by atoms with Gasteiger partial charge >= 0.3 is 12.0 Å². The number of methoxy groups -OCH3 is 1. The molecule has 0 saturated carbocycles. The van der Waals surface area contributed by atoms with Gasteiger partial charge in [-0.3, -0.25) is 14.9 Å². The molecule has 9 nitrogen and oxygen atoms in total. The van der Waals surface area contributed by atoms with Crippen LogP contribution in [0.3, 0.4) is 0 Å². The van der Waals surface area contributed by atoms with Gasteiger partial charge in [-0.15, -0.1) is 0 Å². The number of carbonyl (C=O) groups is 4. The van der Waals surface area contributed by atoms with E-state index in [0.29, 0.717) is 17.1 Å². The second-order valence-electron chi connectivity index (χ2n) is 7.64. The van der Waals surface area contributed by atoms with Crippen molar-refractivity contribution < 1.29 is 38.1 Å². The first-order valence-corrected chi connectivity index (χ1v) is 10.6. The van der Waals surface area contributed by atoms with Crippen molar-refractivity contribution in [2.24, 2.45) is 0 Å². The fraction of sp³-hybridized carbons (Fsp3) is 0.0769. The normalized spacial score (nSPS) is 14.6. The molecule has 0 atom stereocenters. The Hall–Kier alpha value is -4.99. The summed E-state index contributed by atoms with van der Waals surface area (Å²) in [4.78, 5) is 49.4. The van der Waals surface area contributed by atoms with Crippen LogP contribution in [0.1, 0.15) is 21.5 Å². The summed E-state index contributed by atoms with van der Waals surface area (Å²) in [5.41, 5.74) is 1.14. The minimum absolute atomic E-state index is 0.106. The zero-order valence-electron chi connectivity index (χ0n) is 18.9. The van der Waals surface area contributed by atoms with Gasteiger partial charge < -0.3 is 14.6 Å². The number of halogens is 1. The third-order valence-electron chi connectivity index (χ3n) is 5.28. The largest absolute Gasteiger partial charge is 0.493 e. The first kappa shape index (κ1) is 24.1. The van der Waals surface area contributed by atoms with Crippen LogP contribution in [-0.2, 0) is 16.2 Å². The minimum atomic E-state index is -1.02. The molecule has 0 bridgehead atoms. The first-order valence-electron chi connectivity index (χ1n) is 10.6. The van der Waals surface area contributed by atoms with E-state index in [1.54, 1.807) is 30.3 Å². The molecular formula is C26H19FN2O7. The van der Waals surface area contributed by atoms with E-state index in [-0.39, 0.29) is 23.4 Å². The summed E-state index contributed by atoms with van der Waals surface area (Å²) in [7, 11) is 1.42. The third-order valence-corrected chi connectivity index (χ3v) is 5.28. The number of ether oxygens (including phenoxy) is 2. The molecule has 4 rings (SSSR count). The van der Waals surface area contributed by atoms with Crippen molar-refractivity contribution in [2.45, 2.75) is 6.61 Å². The maximum Gasteiger partial charge on any atom is 0.335 e. The van der Waals surface area contributed by atoms with Crippen molar-refractivity contribution in [3.8, 4) is 11.5 Å². The molecule has 1 saturated heterocycles. The van der Waals surface area contributed by atoms with Crippen molar-refractivity contribution in [3.63, 3.8) is 0 Å². The van der Waals surface area contributed by atoms with E-state index in [9.17, 15) is 23.6 Å². The number of benzene rings is 3. The van der Waals surface area contributed by atoms with E-state index < -0.39 is 29.6 Å². The number of barbiturate groups is 1. The summed E-state index contributed by atoms with van der Waals surface area (Å²) in [6.07, 6.45) is 1.30. The van der Waals surface area contributed by atoms with Crippen molar-refractivity contribution >= 4 is 35.6 Å². The first-order chi connectivity index (χ1) is 17.3. The summed E-state index contributed by atoms with van der Waals surface area (Å²) in [5, 5.41) is 11.1. The number of carboxylic acids is 1. The lowest BCUT2D eigenvalue weighted by Crippen LogP contribution is -2.54. The molecule has 0 radical (unpaired) electrons. The highest BCUT2D eigenvalue weighted by Gasteiger charge is 2.36. The fourth-order valence-corrected chi connectivity index (χ4v) is 3.45. The van der Waals surface area contributed by atoms with Crippen molar-refractivity contribution in [3.05, 3.63) is 94.8 Å². The number of imide groups is 2. The van der Waals surface area contributed by atoms with Gasteiger partial charge in [-0.25, -0.2) is 18.9 Å². The van der Waals surface area contributed by atoms with E-state index in [4.69, 9.17) is 14.6 Å². The Balaban J connectivity index is 1.55. The van der Waals surface area contributed by atoms with Crippen LogP contribution in [-0.4, -0.2) is 36.0 Å². The molecule has 182 valence electrons. The van der Waals surface area contributed by atoms with Gasteiger partial charge in [0.1, 0.15) is 18.0 Å². The predicted octanol–water partition coefficient (Wildman–Crippen LogP) is 3.78. The summed E-state index contributed by atoms with van der Waals surface area (Å²) in [6, 6.07) is 14.7. The van der Waals surface area contributed by atoms with E-state index in [2.05, 4.69) is 5.32 Å². The average molecular weight is 490 g/mol. The number of nitrogens with zero attached hydrogens (tertiary/aromatic N) is 1. The Bertz CT molecular complexity index is 1380. The van der Waals surface area contributed by atoms with E-state index in [1.807, 2.05) is 0 Å². The lowest BCUT2D eigenvalue weighted by molar-refractivity contribution is -0.122. The summed E-state index contributed by atoms with van der Waals surface area (Å²) in [5.74, 6) is -2.59. The molecule has 0 spiro atoms. The van der Waals surface area contributed by atoms with Gasteiger partial charge in [0, 0.05) is 0 Å². The second kappa shape index (κ2) is 10.1. The second-order valence-corrected chi connectivity index (χ2v) is 7.64. The molecule has 1 aliphatic rings. The highest BCUT2D eigenvalue weighted by atomic mass is 19.1. The lowest BCUT2D eigenvalue weighted by atomic mass is 10.1. The number of hydrogen-bond donors (Lipinski definition) is 2. The van der Waals surface area contributed by atoms with E-state index >= 15 is 0 Å². The number of carbonyl (C=O) groups excluding carboxylic acids is 3. The van der Waals surface area contributed by atoms with Crippen LogP contribution in [0.25, 0.3) is 6.08 Å². The smallest absolute Gasteiger partial charge is 0.335 e. The number of rotatable bonds is 7. The molecule has 4 amide bonds. The van der Waals surface area contributed by atoms with Crippen LogP contribution in [0.15, 0.2) is 72.3 Å². The standard InChI is InChI=1S/C26H19FN2O7/c1-35-22-13-16(4-11-21(22)36-14-15-2-5-17(6-3-15)25(32)33)12-20-23(30)28-26(34)29(24(20)31)19-9-7-18(27)8-10-19/h2-13H,14H2,1H3,(H,32,33)(H,28,30,34)/b20-12+. The zero-order chi connectivity index (χ0) is 25.8. The monoisotopic (exact) mass is 490 g/mol. The molecule has 3 aromatic carbocycles. The Morgan fingerprint density at radius 2 is 1.69 bits per heavy atom.